The molecule has 1 aromatic heterocycles. The van der Waals surface area contributed by atoms with Gasteiger partial charge in [0.05, 0.1) is 16.7 Å². The van der Waals surface area contributed by atoms with Gasteiger partial charge in [0.2, 0.25) is 10.8 Å². The van der Waals surface area contributed by atoms with Crippen LogP contribution in [0.4, 0.5) is 0 Å². The number of halogens is 1. The van der Waals surface area contributed by atoms with E-state index < -0.39 is 10.8 Å². The molecule has 0 saturated carbocycles. The van der Waals surface area contributed by atoms with Gasteiger partial charge in [0.25, 0.3) is 0 Å². The van der Waals surface area contributed by atoms with Crippen LogP contribution < -0.4 is 16.8 Å². The molecular formula is C19H28ClN7. The number of hydrogen-bond donors (Lipinski definition) is 4. The molecule has 0 saturated heterocycles. The van der Waals surface area contributed by atoms with Crippen molar-refractivity contribution in [3.8, 4) is 0 Å². The van der Waals surface area contributed by atoms with Crippen LogP contribution in [-0.2, 0) is 5.00 Å². The molecule has 1 aromatic carbocycles. The van der Waals surface area contributed by atoms with E-state index in [1.165, 1.54) is 0 Å². The average molecular weight is 390 g/mol. The highest BCUT2D eigenvalue weighted by Crippen LogP contribution is 2.41. The van der Waals surface area contributed by atoms with Gasteiger partial charge in [0.15, 0.2) is 5.82 Å². The summed E-state index contributed by atoms with van der Waals surface area (Å²) in [5, 5.41) is 3.25. The van der Waals surface area contributed by atoms with Crippen LogP contribution in [0.25, 0.3) is 11.0 Å². The number of nitrogens with one attached hydrogen (secondary N) is 2. The van der Waals surface area contributed by atoms with Gasteiger partial charge >= 0.3 is 0 Å². The molecule has 1 aliphatic rings. The number of benzene rings is 1. The third kappa shape index (κ3) is 3.72. The molecule has 6 N–H and O–H groups in total. The van der Waals surface area contributed by atoms with Gasteiger partial charge in [-0.3, -0.25) is 11.1 Å². The lowest BCUT2D eigenvalue weighted by Crippen LogP contribution is -2.67. The van der Waals surface area contributed by atoms with Gasteiger partial charge in [-0.1, -0.05) is 51.4 Å². The molecular weight excluding hydrogens is 362 g/mol. The van der Waals surface area contributed by atoms with Gasteiger partial charge in [0, 0.05) is 6.54 Å². The Morgan fingerprint density at radius 1 is 1.15 bits per heavy atom. The number of alkyl halides is 1. The number of imidazole rings is 1. The molecule has 1 aliphatic heterocycles. The Hall–Kier alpha value is -1.96. The second kappa shape index (κ2) is 7.22. The molecule has 7 nitrogen and oxygen atoms in total. The van der Waals surface area contributed by atoms with Crippen molar-refractivity contribution in [2.75, 3.05) is 6.54 Å². The van der Waals surface area contributed by atoms with E-state index in [0.717, 1.165) is 11.0 Å². The smallest absolute Gasteiger partial charge is 0.243 e. The predicted octanol–water partition coefficient (Wildman–Crippen LogP) is 2.67. The normalized spacial score (nSPS) is 25.9. The monoisotopic (exact) mass is 389 g/mol. The Kier molecular flexibility index (Phi) is 5.29. The van der Waals surface area contributed by atoms with E-state index in [1.54, 1.807) is 0 Å². The number of fused-ring (bicyclic) bond motifs is 1. The number of rotatable bonds is 6. The van der Waals surface area contributed by atoms with Crippen LogP contribution >= 0.6 is 11.6 Å². The lowest BCUT2D eigenvalue weighted by atomic mass is 10.0. The second-order valence-electron chi connectivity index (χ2n) is 7.92. The van der Waals surface area contributed by atoms with E-state index in [9.17, 15) is 0 Å². The van der Waals surface area contributed by atoms with Gasteiger partial charge in [-0.2, -0.15) is 0 Å². The second-order valence-corrected chi connectivity index (χ2v) is 8.47. The summed E-state index contributed by atoms with van der Waals surface area (Å²) in [7, 11) is 0. The highest BCUT2D eigenvalue weighted by Gasteiger charge is 2.54. The van der Waals surface area contributed by atoms with Crippen LogP contribution in [0.15, 0.2) is 34.3 Å². The van der Waals surface area contributed by atoms with E-state index in [1.807, 2.05) is 24.3 Å². The molecule has 2 unspecified atom stereocenters. The largest absolute Gasteiger partial charge is 0.382 e. The van der Waals surface area contributed by atoms with E-state index in [4.69, 9.17) is 28.1 Å². The highest BCUT2D eigenvalue weighted by atomic mass is 35.5. The number of nitrogens with two attached hydrogens (primary N) is 2. The molecule has 2 heterocycles. The van der Waals surface area contributed by atoms with Crippen molar-refractivity contribution >= 4 is 34.2 Å². The number of aromatic nitrogens is 2. The molecule has 2 atom stereocenters. The highest BCUT2D eigenvalue weighted by molar-refractivity contribution is 6.43. The SMILES string of the molecule is CC(C)CNC1(N)N=C(N)C(CC(C)C)=NC1(Cl)c1nc2ccccc2[nH]1. The van der Waals surface area contributed by atoms with Crippen molar-refractivity contribution in [1.29, 1.82) is 0 Å². The Morgan fingerprint density at radius 2 is 1.85 bits per heavy atom. The number of aromatic amines is 1. The average Bonchev–Trinajstić information content (AvgIpc) is 3.02. The summed E-state index contributed by atoms with van der Waals surface area (Å²) in [6, 6.07) is 7.70. The Bertz CT molecular complexity index is 852. The fraction of sp³-hybridized carbons (Fsp3) is 0.526. The molecule has 2 aromatic rings. The quantitative estimate of drug-likeness (QED) is 0.345. The van der Waals surface area contributed by atoms with Gasteiger partial charge in [0.1, 0.15) is 5.84 Å². The third-order valence-corrected chi connectivity index (χ3v) is 5.02. The number of amidine groups is 1. The first kappa shape index (κ1) is 19.8. The summed E-state index contributed by atoms with van der Waals surface area (Å²) < 4.78 is 0. The van der Waals surface area contributed by atoms with Crippen LogP contribution in [-0.4, -0.2) is 33.8 Å². The Morgan fingerprint density at radius 3 is 2.48 bits per heavy atom. The van der Waals surface area contributed by atoms with E-state index >= 15 is 0 Å². The Labute approximate surface area is 164 Å². The van der Waals surface area contributed by atoms with Crippen molar-refractivity contribution in [2.24, 2.45) is 33.3 Å². The fourth-order valence-electron chi connectivity index (χ4n) is 3.05. The van der Waals surface area contributed by atoms with Crippen LogP contribution in [0.3, 0.4) is 0 Å². The standard InChI is InChI=1S/C19H28ClN7/c1-11(2)9-15-16(21)27-19(22,23-10-12(3)4)18(20,26-15)17-24-13-7-5-6-8-14(13)25-17/h5-8,11-12,23H,9-10,22H2,1-4H3,(H2,21,27)(H,24,25). The van der Waals surface area contributed by atoms with Crippen molar-refractivity contribution in [2.45, 2.75) is 44.9 Å². The van der Waals surface area contributed by atoms with Gasteiger partial charge in [-0.25, -0.2) is 15.0 Å². The van der Waals surface area contributed by atoms with Crippen LogP contribution in [0.2, 0.25) is 0 Å². The Balaban J connectivity index is 2.13. The van der Waals surface area contributed by atoms with Gasteiger partial charge in [-0.15, -0.1) is 0 Å². The summed E-state index contributed by atoms with van der Waals surface area (Å²) in [6.45, 7) is 8.95. The molecule has 27 heavy (non-hydrogen) atoms. The third-order valence-electron chi connectivity index (χ3n) is 4.47. The van der Waals surface area contributed by atoms with Crippen molar-refractivity contribution in [1.82, 2.24) is 15.3 Å². The summed E-state index contributed by atoms with van der Waals surface area (Å²) in [5.74, 6) is 0.0380. The number of para-hydroxylation sites is 2. The molecule has 146 valence electrons. The molecule has 0 aliphatic carbocycles. The maximum Gasteiger partial charge on any atom is 0.243 e. The number of hydrogen-bond acceptors (Lipinski definition) is 6. The van der Waals surface area contributed by atoms with Crippen molar-refractivity contribution < 1.29 is 0 Å². The van der Waals surface area contributed by atoms with Gasteiger partial charge in [-0.05, 0) is 30.4 Å². The zero-order valence-electron chi connectivity index (χ0n) is 16.3. The summed E-state index contributed by atoms with van der Waals surface area (Å²) in [5.41, 5.74) is 15.1. The maximum absolute atomic E-state index is 7.07. The van der Waals surface area contributed by atoms with Crippen LogP contribution in [0.1, 0.15) is 39.9 Å². The predicted molar refractivity (Wildman–Crippen MR) is 112 cm³/mol. The molecule has 0 bridgehead atoms. The van der Waals surface area contributed by atoms with Crippen molar-refractivity contribution in [3.05, 3.63) is 30.1 Å². The first-order valence-corrected chi connectivity index (χ1v) is 9.65. The summed E-state index contributed by atoms with van der Waals surface area (Å²) >= 11 is 7.07. The maximum atomic E-state index is 7.07. The van der Waals surface area contributed by atoms with Crippen LogP contribution in [0, 0.1) is 11.8 Å². The minimum atomic E-state index is -1.44. The first-order chi connectivity index (χ1) is 12.6. The van der Waals surface area contributed by atoms with E-state index in [2.05, 4.69) is 48.0 Å². The van der Waals surface area contributed by atoms with Crippen LogP contribution in [0.5, 0.6) is 0 Å². The fourth-order valence-corrected chi connectivity index (χ4v) is 3.35. The summed E-state index contributed by atoms with van der Waals surface area (Å²) in [4.78, 5) is 15.8. The number of nitrogens with zero attached hydrogens (tertiary/aromatic N) is 3. The van der Waals surface area contributed by atoms with E-state index in [-0.39, 0.29) is 0 Å². The first-order valence-electron chi connectivity index (χ1n) is 9.27. The lowest BCUT2D eigenvalue weighted by Gasteiger charge is -2.41. The number of H-pyrrole nitrogens is 1. The number of aliphatic imine (C=N–C) groups is 2. The minimum Gasteiger partial charge on any atom is -0.382 e. The molecule has 8 heteroatoms. The summed E-state index contributed by atoms with van der Waals surface area (Å²) in [6.07, 6.45) is 0.657. The molecule has 0 amide bonds. The minimum absolute atomic E-state index is 0.315. The lowest BCUT2D eigenvalue weighted by molar-refractivity contribution is 0.236. The molecule has 0 radical (unpaired) electrons. The zero-order chi connectivity index (χ0) is 19.8. The van der Waals surface area contributed by atoms with Gasteiger partial charge < -0.3 is 10.7 Å². The molecule has 0 spiro atoms. The van der Waals surface area contributed by atoms with E-state index in [0.29, 0.717) is 42.2 Å². The molecule has 0 fully saturated rings. The van der Waals surface area contributed by atoms with Crippen molar-refractivity contribution in [3.63, 3.8) is 0 Å². The molecule has 3 rings (SSSR count). The topological polar surface area (TPSA) is 117 Å². The zero-order valence-corrected chi connectivity index (χ0v) is 17.0.